The molecule has 2 aromatic rings. The van der Waals surface area contributed by atoms with Crippen LogP contribution in [0.5, 0.6) is 0 Å². The number of ether oxygens (including phenoxy) is 1. The molecule has 2 aliphatic heterocycles. The maximum Gasteiger partial charge on any atom is 0.134 e. The molecule has 4 heterocycles. The molecule has 0 saturated carbocycles. The van der Waals surface area contributed by atoms with Crippen molar-refractivity contribution < 1.29 is 4.74 Å². The average molecular weight is 331 g/mol. The monoisotopic (exact) mass is 331 g/mol. The molecule has 122 valence electrons. The van der Waals surface area contributed by atoms with Gasteiger partial charge in [-0.3, -0.25) is 0 Å². The second kappa shape index (κ2) is 6.41. The summed E-state index contributed by atoms with van der Waals surface area (Å²) in [6, 6.07) is 2.11. The molecule has 0 spiro atoms. The van der Waals surface area contributed by atoms with Gasteiger partial charge in [0, 0.05) is 36.8 Å². The van der Waals surface area contributed by atoms with Gasteiger partial charge in [-0.05, 0) is 19.8 Å². The molecule has 7 heteroatoms. The minimum atomic E-state index is 0.0349. The summed E-state index contributed by atoms with van der Waals surface area (Å²) >= 11 is 1.67. The Morgan fingerprint density at radius 1 is 1.13 bits per heavy atom. The number of nitrogens with zero attached hydrogens (tertiary/aromatic N) is 5. The van der Waals surface area contributed by atoms with Crippen LogP contribution in [0, 0.1) is 6.92 Å². The lowest BCUT2D eigenvalue weighted by Crippen LogP contribution is -2.39. The molecule has 1 unspecified atom stereocenters. The van der Waals surface area contributed by atoms with Crippen LogP contribution in [0.4, 0.5) is 11.6 Å². The third kappa shape index (κ3) is 3.16. The largest absolute Gasteiger partial charge is 0.367 e. The van der Waals surface area contributed by atoms with Crippen LogP contribution in [0.25, 0.3) is 0 Å². The lowest BCUT2D eigenvalue weighted by atomic mass is 10.2. The van der Waals surface area contributed by atoms with Crippen LogP contribution in [0.3, 0.4) is 0 Å². The third-order valence-corrected chi connectivity index (χ3v) is 5.43. The maximum absolute atomic E-state index is 5.91. The summed E-state index contributed by atoms with van der Waals surface area (Å²) in [5, 5.41) is 3.13. The summed E-state index contributed by atoms with van der Waals surface area (Å²) in [6.07, 6.45) is 4.22. The maximum atomic E-state index is 5.91. The van der Waals surface area contributed by atoms with Crippen LogP contribution >= 0.6 is 11.3 Å². The summed E-state index contributed by atoms with van der Waals surface area (Å²) in [6.45, 7) is 6.57. The second-order valence-electron chi connectivity index (χ2n) is 6.06. The molecular formula is C16H21N5OS. The van der Waals surface area contributed by atoms with Crippen molar-refractivity contribution in [3.63, 3.8) is 0 Å². The molecule has 4 rings (SSSR count). The van der Waals surface area contributed by atoms with Crippen molar-refractivity contribution in [1.29, 1.82) is 0 Å². The number of aromatic nitrogens is 3. The highest BCUT2D eigenvalue weighted by Gasteiger charge is 2.26. The van der Waals surface area contributed by atoms with Gasteiger partial charge in [0.05, 0.1) is 13.2 Å². The van der Waals surface area contributed by atoms with E-state index >= 15 is 0 Å². The van der Waals surface area contributed by atoms with Gasteiger partial charge >= 0.3 is 0 Å². The number of morpholine rings is 1. The Morgan fingerprint density at radius 3 is 2.65 bits per heavy atom. The molecule has 0 N–H and O–H groups in total. The van der Waals surface area contributed by atoms with E-state index in [1.165, 1.54) is 12.8 Å². The fourth-order valence-corrected chi connectivity index (χ4v) is 3.99. The van der Waals surface area contributed by atoms with Gasteiger partial charge < -0.3 is 14.5 Å². The van der Waals surface area contributed by atoms with E-state index in [-0.39, 0.29) is 6.10 Å². The third-order valence-electron chi connectivity index (χ3n) is 4.37. The van der Waals surface area contributed by atoms with Gasteiger partial charge in [0.25, 0.3) is 0 Å². The molecule has 2 saturated heterocycles. The summed E-state index contributed by atoms with van der Waals surface area (Å²) < 4.78 is 5.91. The Balaban J connectivity index is 1.52. The van der Waals surface area contributed by atoms with E-state index in [1.807, 2.05) is 6.92 Å². The molecule has 2 fully saturated rings. The number of rotatable bonds is 3. The van der Waals surface area contributed by atoms with Gasteiger partial charge in [-0.2, -0.15) is 0 Å². The first-order valence-electron chi connectivity index (χ1n) is 8.15. The van der Waals surface area contributed by atoms with Gasteiger partial charge in [-0.15, -0.1) is 11.3 Å². The first kappa shape index (κ1) is 14.8. The molecule has 1 atom stereocenters. The Labute approximate surface area is 140 Å². The molecule has 0 radical (unpaired) electrons. The van der Waals surface area contributed by atoms with Crippen LogP contribution in [0.2, 0.25) is 0 Å². The van der Waals surface area contributed by atoms with Gasteiger partial charge in [-0.1, -0.05) is 0 Å². The minimum Gasteiger partial charge on any atom is -0.367 e. The Kier molecular flexibility index (Phi) is 4.13. The van der Waals surface area contributed by atoms with Crippen LogP contribution in [0.1, 0.15) is 29.6 Å². The molecule has 0 aromatic carbocycles. The first-order chi connectivity index (χ1) is 11.3. The number of anilines is 2. The van der Waals surface area contributed by atoms with Crippen molar-refractivity contribution in [3.05, 3.63) is 28.5 Å². The quantitative estimate of drug-likeness (QED) is 0.861. The SMILES string of the molecule is Cc1csc(C2CN(c3cc(N4CCCC4)ncn3)CCO2)n1. The molecule has 2 aromatic heterocycles. The van der Waals surface area contributed by atoms with Crippen LogP contribution in [-0.2, 0) is 4.74 Å². The zero-order chi connectivity index (χ0) is 15.6. The Hall–Kier alpha value is -1.73. The highest BCUT2D eigenvalue weighted by Crippen LogP contribution is 2.28. The van der Waals surface area contributed by atoms with Crippen LogP contribution < -0.4 is 9.80 Å². The topological polar surface area (TPSA) is 54.4 Å². The number of hydrogen-bond donors (Lipinski definition) is 0. The number of thiazole rings is 1. The summed E-state index contributed by atoms with van der Waals surface area (Å²) in [5.41, 5.74) is 1.06. The molecule has 2 aliphatic rings. The Bertz CT molecular complexity index is 670. The van der Waals surface area contributed by atoms with Gasteiger partial charge in [0.2, 0.25) is 0 Å². The minimum absolute atomic E-state index is 0.0349. The van der Waals surface area contributed by atoms with E-state index in [9.17, 15) is 0 Å². The average Bonchev–Trinajstić information content (AvgIpc) is 3.27. The standard InChI is InChI=1S/C16H21N5OS/c1-12-10-23-16(19-12)13-9-21(6-7-22-13)15-8-14(17-11-18-15)20-4-2-3-5-20/h8,10-11,13H,2-7,9H2,1H3. The molecule has 0 bridgehead atoms. The molecule has 6 nitrogen and oxygen atoms in total. The van der Waals surface area contributed by atoms with Crippen molar-refractivity contribution in [2.24, 2.45) is 0 Å². The normalized spacial score (nSPS) is 21.9. The first-order valence-corrected chi connectivity index (χ1v) is 9.03. The van der Waals surface area contributed by atoms with Crippen LogP contribution in [-0.4, -0.2) is 47.7 Å². The van der Waals surface area contributed by atoms with Crippen molar-refractivity contribution in [1.82, 2.24) is 15.0 Å². The molecule has 23 heavy (non-hydrogen) atoms. The molecular weight excluding hydrogens is 310 g/mol. The van der Waals surface area contributed by atoms with E-state index in [2.05, 4.69) is 36.2 Å². The number of aryl methyl sites for hydroxylation is 1. The highest BCUT2D eigenvalue weighted by molar-refractivity contribution is 7.09. The van der Waals surface area contributed by atoms with Crippen molar-refractivity contribution in [2.45, 2.75) is 25.9 Å². The highest BCUT2D eigenvalue weighted by atomic mass is 32.1. The van der Waals surface area contributed by atoms with E-state index < -0.39 is 0 Å². The zero-order valence-electron chi connectivity index (χ0n) is 13.3. The van der Waals surface area contributed by atoms with Gasteiger partial charge in [0.15, 0.2) is 0 Å². The Morgan fingerprint density at radius 2 is 1.91 bits per heavy atom. The van der Waals surface area contributed by atoms with E-state index in [4.69, 9.17) is 4.74 Å². The van der Waals surface area contributed by atoms with E-state index in [1.54, 1.807) is 17.7 Å². The summed E-state index contributed by atoms with van der Waals surface area (Å²) in [7, 11) is 0. The van der Waals surface area contributed by atoms with Crippen molar-refractivity contribution >= 4 is 23.0 Å². The van der Waals surface area contributed by atoms with Crippen molar-refractivity contribution in [3.8, 4) is 0 Å². The predicted octanol–water partition coefficient (Wildman–Crippen LogP) is 2.42. The summed E-state index contributed by atoms with van der Waals surface area (Å²) in [4.78, 5) is 18.1. The second-order valence-corrected chi connectivity index (χ2v) is 6.95. The molecule has 0 aliphatic carbocycles. The lowest BCUT2D eigenvalue weighted by Gasteiger charge is -2.33. The number of hydrogen-bond acceptors (Lipinski definition) is 7. The van der Waals surface area contributed by atoms with Crippen molar-refractivity contribution in [2.75, 3.05) is 42.6 Å². The smallest absolute Gasteiger partial charge is 0.134 e. The van der Waals surface area contributed by atoms with Gasteiger partial charge in [0.1, 0.15) is 29.1 Å². The molecule has 0 amide bonds. The van der Waals surface area contributed by atoms with Crippen LogP contribution in [0.15, 0.2) is 17.8 Å². The van der Waals surface area contributed by atoms with E-state index in [0.717, 1.165) is 48.5 Å². The fraction of sp³-hybridized carbons (Fsp3) is 0.562. The lowest BCUT2D eigenvalue weighted by molar-refractivity contribution is 0.0393. The zero-order valence-corrected chi connectivity index (χ0v) is 14.1. The predicted molar refractivity (Wildman–Crippen MR) is 91.2 cm³/mol. The fourth-order valence-electron chi connectivity index (χ4n) is 3.16. The summed E-state index contributed by atoms with van der Waals surface area (Å²) in [5.74, 6) is 2.03. The van der Waals surface area contributed by atoms with Gasteiger partial charge in [-0.25, -0.2) is 15.0 Å². The van der Waals surface area contributed by atoms with E-state index in [0.29, 0.717) is 6.61 Å².